The zero-order valence-corrected chi connectivity index (χ0v) is 15.3. The molecule has 140 valence electrons. The van der Waals surface area contributed by atoms with Crippen molar-refractivity contribution in [1.82, 2.24) is 0 Å². The van der Waals surface area contributed by atoms with Crippen molar-refractivity contribution in [3.05, 3.63) is 59.2 Å². The molecule has 0 fully saturated rings. The van der Waals surface area contributed by atoms with Crippen LogP contribution in [0.15, 0.2) is 48.0 Å². The molecule has 0 amide bonds. The fourth-order valence-corrected chi connectivity index (χ4v) is 2.80. The summed E-state index contributed by atoms with van der Waals surface area (Å²) in [5.41, 5.74) is 1.40. The van der Waals surface area contributed by atoms with Gasteiger partial charge >= 0.3 is 0 Å². The highest BCUT2D eigenvalue weighted by Gasteiger charge is 2.41. The first kappa shape index (κ1) is 18.5. The summed E-state index contributed by atoms with van der Waals surface area (Å²) in [4.78, 5) is 25.1. The second kappa shape index (κ2) is 7.53. The van der Waals surface area contributed by atoms with Gasteiger partial charge < -0.3 is 19.3 Å². The molecule has 6 nitrogen and oxygen atoms in total. The van der Waals surface area contributed by atoms with Crippen LogP contribution in [0.4, 0.5) is 0 Å². The van der Waals surface area contributed by atoms with Crippen LogP contribution in [-0.4, -0.2) is 30.4 Å². The molecule has 0 spiro atoms. The van der Waals surface area contributed by atoms with Crippen LogP contribution in [0.3, 0.4) is 0 Å². The molecule has 1 atom stereocenters. The lowest BCUT2D eigenvalue weighted by Crippen LogP contribution is -2.32. The summed E-state index contributed by atoms with van der Waals surface area (Å²) in [5.74, 6) is -1.57. The molecule has 27 heavy (non-hydrogen) atoms. The zero-order chi connectivity index (χ0) is 19.6. The van der Waals surface area contributed by atoms with Gasteiger partial charge in [0.2, 0.25) is 17.3 Å². The number of allylic oxidation sites excluding steroid dienone is 1. The molecule has 6 heteroatoms. The number of rotatable bonds is 5. The zero-order valence-electron chi connectivity index (χ0n) is 15.3. The molecule has 1 aliphatic rings. The van der Waals surface area contributed by atoms with Crippen LogP contribution < -0.4 is 14.2 Å². The second-order valence-electron chi connectivity index (χ2n) is 6.33. The van der Waals surface area contributed by atoms with Crippen molar-refractivity contribution in [2.75, 3.05) is 13.7 Å². The van der Waals surface area contributed by atoms with Crippen molar-refractivity contribution >= 4 is 11.6 Å². The number of phenolic OH excluding ortho intramolecular Hbond substituents is 1. The SMILES string of the molecule is COc1c(OCC=C(C)C)cc(O)c2c1OC(c1ccccc1)C(=O)C2=O. The Kier molecular flexibility index (Phi) is 5.16. The number of carbonyl (C=O) groups is 2. The van der Waals surface area contributed by atoms with E-state index in [1.54, 1.807) is 30.3 Å². The van der Waals surface area contributed by atoms with E-state index in [0.717, 1.165) is 5.57 Å². The maximum atomic E-state index is 12.6. The third kappa shape index (κ3) is 3.51. The van der Waals surface area contributed by atoms with E-state index in [2.05, 4.69) is 0 Å². The van der Waals surface area contributed by atoms with Crippen LogP contribution in [0.2, 0.25) is 0 Å². The molecule has 2 aromatic rings. The third-order valence-electron chi connectivity index (χ3n) is 4.14. The standard InChI is InChI=1S/C21H20O6/c1-12(2)9-10-26-15-11-14(22)16-17(23)18(24)19(13-7-5-4-6-8-13)27-21(16)20(15)25-3/h4-9,11,19,22H,10H2,1-3H3. The van der Waals surface area contributed by atoms with E-state index in [0.29, 0.717) is 5.56 Å². The Labute approximate surface area is 157 Å². The van der Waals surface area contributed by atoms with Crippen molar-refractivity contribution in [1.29, 1.82) is 0 Å². The van der Waals surface area contributed by atoms with E-state index < -0.39 is 17.7 Å². The van der Waals surface area contributed by atoms with Crippen LogP contribution >= 0.6 is 0 Å². The Balaban J connectivity index is 2.07. The predicted molar refractivity (Wildman–Crippen MR) is 98.7 cm³/mol. The Morgan fingerprint density at radius 3 is 2.56 bits per heavy atom. The van der Waals surface area contributed by atoms with Crippen molar-refractivity contribution < 1.29 is 28.9 Å². The number of ether oxygens (including phenoxy) is 3. The Bertz CT molecular complexity index is 910. The van der Waals surface area contributed by atoms with Crippen LogP contribution in [0.25, 0.3) is 0 Å². The highest BCUT2D eigenvalue weighted by molar-refractivity contribution is 6.47. The number of fused-ring (bicyclic) bond motifs is 1. The van der Waals surface area contributed by atoms with Gasteiger partial charge in [-0.3, -0.25) is 9.59 Å². The average molecular weight is 368 g/mol. The number of hydrogen-bond acceptors (Lipinski definition) is 6. The van der Waals surface area contributed by atoms with E-state index in [1.807, 2.05) is 19.9 Å². The van der Waals surface area contributed by atoms with E-state index in [1.165, 1.54) is 13.2 Å². The Hall–Kier alpha value is -3.28. The minimum atomic E-state index is -1.10. The van der Waals surface area contributed by atoms with Gasteiger partial charge in [-0.1, -0.05) is 35.9 Å². The molecule has 0 bridgehead atoms. The van der Waals surface area contributed by atoms with Gasteiger partial charge in [-0.25, -0.2) is 0 Å². The lowest BCUT2D eigenvalue weighted by Gasteiger charge is -2.27. The molecule has 1 heterocycles. The Morgan fingerprint density at radius 2 is 1.93 bits per heavy atom. The van der Waals surface area contributed by atoms with Crippen LogP contribution in [0, 0.1) is 0 Å². The topological polar surface area (TPSA) is 82.1 Å². The molecule has 1 unspecified atom stereocenters. The summed E-state index contributed by atoms with van der Waals surface area (Å²) < 4.78 is 16.9. The summed E-state index contributed by atoms with van der Waals surface area (Å²) in [6.07, 6.45) is 0.755. The summed E-state index contributed by atoms with van der Waals surface area (Å²) in [5, 5.41) is 10.3. The molecule has 3 rings (SSSR count). The third-order valence-corrected chi connectivity index (χ3v) is 4.14. The largest absolute Gasteiger partial charge is 0.507 e. The number of hydrogen-bond donors (Lipinski definition) is 1. The van der Waals surface area contributed by atoms with Gasteiger partial charge in [0.1, 0.15) is 17.9 Å². The molecule has 1 N–H and O–H groups in total. The number of aromatic hydroxyl groups is 1. The minimum absolute atomic E-state index is 0.00292. The van der Waals surface area contributed by atoms with Crippen molar-refractivity contribution in [3.8, 4) is 23.0 Å². The lowest BCUT2D eigenvalue weighted by molar-refractivity contribution is -0.122. The fourth-order valence-electron chi connectivity index (χ4n) is 2.80. The molecule has 0 aromatic heterocycles. The van der Waals surface area contributed by atoms with Gasteiger partial charge in [-0.15, -0.1) is 0 Å². The van der Waals surface area contributed by atoms with E-state index >= 15 is 0 Å². The van der Waals surface area contributed by atoms with Crippen molar-refractivity contribution in [2.45, 2.75) is 20.0 Å². The summed E-state index contributed by atoms with van der Waals surface area (Å²) >= 11 is 0. The molecular formula is C21H20O6. The maximum Gasteiger partial charge on any atom is 0.248 e. The minimum Gasteiger partial charge on any atom is -0.507 e. The first-order chi connectivity index (χ1) is 12.9. The predicted octanol–water partition coefficient (Wildman–Crippen LogP) is 3.63. The first-order valence-corrected chi connectivity index (χ1v) is 8.44. The van der Waals surface area contributed by atoms with Crippen molar-refractivity contribution in [3.63, 3.8) is 0 Å². The normalized spacial score (nSPS) is 15.6. The number of carbonyl (C=O) groups excluding carboxylic acids is 2. The molecule has 0 radical (unpaired) electrons. The molecular weight excluding hydrogens is 348 g/mol. The number of phenols is 1. The summed E-state index contributed by atoms with van der Waals surface area (Å²) in [7, 11) is 1.40. The monoisotopic (exact) mass is 368 g/mol. The fraction of sp³-hybridized carbons (Fsp3) is 0.238. The second-order valence-corrected chi connectivity index (χ2v) is 6.33. The van der Waals surface area contributed by atoms with Crippen LogP contribution in [0.5, 0.6) is 23.0 Å². The van der Waals surface area contributed by atoms with Crippen LogP contribution in [0.1, 0.15) is 35.9 Å². The lowest BCUT2D eigenvalue weighted by atomic mass is 9.94. The number of benzene rings is 2. The van der Waals surface area contributed by atoms with E-state index in [9.17, 15) is 14.7 Å². The van der Waals surface area contributed by atoms with Gasteiger partial charge in [0.25, 0.3) is 0 Å². The maximum absolute atomic E-state index is 12.6. The number of methoxy groups -OCH3 is 1. The number of ketones is 2. The molecule has 0 saturated heterocycles. The smallest absolute Gasteiger partial charge is 0.248 e. The van der Waals surface area contributed by atoms with Crippen molar-refractivity contribution in [2.24, 2.45) is 0 Å². The first-order valence-electron chi connectivity index (χ1n) is 8.44. The van der Waals surface area contributed by atoms with Gasteiger partial charge in [0.15, 0.2) is 17.6 Å². The Morgan fingerprint density at radius 1 is 1.22 bits per heavy atom. The molecule has 1 aliphatic heterocycles. The van der Waals surface area contributed by atoms with E-state index in [-0.39, 0.29) is 35.2 Å². The summed E-state index contributed by atoms with van der Waals surface area (Å²) in [6.45, 7) is 4.12. The highest BCUT2D eigenvalue weighted by Crippen LogP contribution is 2.49. The van der Waals surface area contributed by atoms with Gasteiger partial charge in [-0.2, -0.15) is 0 Å². The van der Waals surface area contributed by atoms with Crippen LogP contribution in [-0.2, 0) is 4.79 Å². The molecule has 2 aromatic carbocycles. The molecule has 0 aliphatic carbocycles. The van der Waals surface area contributed by atoms with Gasteiger partial charge in [0, 0.05) is 11.6 Å². The average Bonchev–Trinajstić information content (AvgIpc) is 2.64. The van der Waals surface area contributed by atoms with E-state index in [4.69, 9.17) is 14.2 Å². The highest BCUT2D eigenvalue weighted by atomic mass is 16.5. The quantitative estimate of drug-likeness (QED) is 0.641. The number of Topliss-reactive ketones (excluding diaryl/α,β-unsaturated/α-hetero) is 2. The van der Waals surface area contributed by atoms with Gasteiger partial charge in [0.05, 0.1) is 7.11 Å². The molecule has 0 saturated carbocycles. The summed E-state index contributed by atoms with van der Waals surface area (Å²) in [6, 6.07) is 9.95. The van der Waals surface area contributed by atoms with Gasteiger partial charge in [-0.05, 0) is 19.9 Å².